The van der Waals surface area contributed by atoms with E-state index in [1.54, 1.807) is 0 Å². The van der Waals surface area contributed by atoms with Crippen molar-refractivity contribution in [2.45, 2.75) is 38.3 Å². The SMILES string of the molecule is O=C(c1cccn1C1CC1)N1CC[C@H](Cc2ccc(CO)cc2)C1. The number of rotatable bonds is 5. The summed E-state index contributed by atoms with van der Waals surface area (Å²) >= 11 is 0. The van der Waals surface area contributed by atoms with Crippen LogP contribution < -0.4 is 0 Å². The van der Waals surface area contributed by atoms with Crippen LogP contribution in [-0.2, 0) is 13.0 Å². The maximum atomic E-state index is 12.8. The molecule has 1 aromatic carbocycles. The van der Waals surface area contributed by atoms with E-state index in [0.717, 1.165) is 37.2 Å². The first-order chi connectivity index (χ1) is 11.7. The van der Waals surface area contributed by atoms with Crippen LogP contribution in [0.3, 0.4) is 0 Å². The molecular formula is C20H24N2O2. The predicted molar refractivity (Wildman–Crippen MR) is 92.8 cm³/mol. The van der Waals surface area contributed by atoms with Gasteiger partial charge in [0.1, 0.15) is 5.69 Å². The first-order valence-electron chi connectivity index (χ1n) is 8.89. The fraction of sp³-hybridized carbons (Fsp3) is 0.450. The summed E-state index contributed by atoms with van der Waals surface area (Å²) in [5.41, 5.74) is 3.08. The van der Waals surface area contributed by atoms with Crippen molar-refractivity contribution in [3.63, 3.8) is 0 Å². The molecule has 1 aliphatic heterocycles. The molecule has 126 valence electrons. The van der Waals surface area contributed by atoms with Crippen LogP contribution in [0.5, 0.6) is 0 Å². The van der Waals surface area contributed by atoms with Crippen molar-refractivity contribution in [1.29, 1.82) is 0 Å². The zero-order valence-corrected chi connectivity index (χ0v) is 13.9. The Labute approximate surface area is 142 Å². The quantitative estimate of drug-likeness (QED) is 0.919. The summed E-state index contributed by atoms with van der Waals surface area (Å²) in [6.45, 7) is 1.79. The van der Waals surface area contributed by atoms with E-state index in [-0.39, 0.29) is 12.5 Å². The Bertz CT molecular complexity index is 715. The van der Waals surface area contributed by atoms with Crippen LogP contribution in [-0.4, -0.2) is 33.6 Å². The summed E-state index contributed by atoms with van der Waals surface area (Å²) in [4.78, 5) is 14.8. The fourth-order valence-electron chi connectivity index (χ4n) is 3.71. The number of aliphatic hydroxyl groups is 1. The second kappa shape index (κ2) is 6.44. The third-order valence-corrected chi connectivity index (χ3v) is 5.24. The molecule has 2 heterocycles. The number of hydrogen-bond acceptors (Lipinski definition) is 2. The van der Waals surface area contributed by atoms with Crippen LogP contribution >= 0.6 is 0 Å². The Hall–Kier alpha value is -2.07. The molecule has 2 fully saturated rings. The molecule has 1 N–H and O–H groups in total. The van der Waals surface area contributed by atoms with Gasteiger partial charge in [0, 0.05) is 25.3 Å². The summed E-state index contributed by atoms with van der Waals surface area (Å²) < 4.78 is 2.16. The van der Waals surface area contributed by atoms with Crippen LogP contribution in [0.1, 0.15) is 46.9 Å². The van der Waals surface area contributed by atoms with Crippen LogP contribution in [0.15, 0.2) is 42.6 Å². The number of hydrogen-bond donors (Lipinski definition) is 1. The highest BCUT2D eigenvalue weighted by molar-refractivity contribution is 5.93. The molecule has 1 saturated carbocycles. The molecule has 1 aromatic heterocycles. The smallest absolute Gasteiger partial charge is 0.270 e. The standard InChI is InChI=1S/C20H24N2O2/c23-14-16-5-3-15(4-6-16)12-17-9-11-21(13-17)20(24)19-2-1-10-22(19)18-7-8-18/h1-6,10,17-18,23H,7-9,11-14H2/t17-/m1/s1. The molecule has 4 rings (SSSR count). The van der Waals surface area contributed by atoms with E-state index in [0.29, 0.717) is 12.0 Å². The van der Waals surface area contributed by atoms with Gasteiger partial charge in [-0.05, 0) is 54.9 Å². The molecule has 2 aliphatic rings. The van der Waals surface area contributed by atoms with Gasteiger partial charge in [0.15, 0.2) is 0 Å². The number of carbonyl (C=O) groups is 1. The zero-order valence-electron chi connectivity index (χ0n) is 13.9. The zero-order chi connectivity index (χ0) is 16.5. The van der Waals surface area contributed by atoms with Gasteiger partial charge in [0.25, 0.3) is 5.91 Å². The molecule has 1 atom stereocenters. The van der Waals surface area contributed by atoms with Crippen molar-refractivity contribution < 1.29 is 9.90 Å². The van der Waals surface area contributed by atoms with E-state index in [9.17, 15) is 4.79 Å². The minimum atomic E-state index is 0.0899. The molecule has 2 aromatic rings. The normalized spacial score (nSPS) is 20.5. The average Bonchev–Trinajstić information content (AvgIpc) is 3.15. The second-order valence-electron chi connectivity index (χ2n) is 7.12. The lowest BCUT2D eigenvalue weighted by Gasteiger charge is -2.18. The molecule has 1 saturated heterocycles. The van der Waals surface area contributed by atoms with Gasteiger partial charge in [-0.3, -0.25) is 4.79 Å². The molecule has 24 heavy (non-hydrogen) atoms. The second-order valence-corrected chi connectivity index (χ2v) is 7.12. The molecule has 1 aliphatic carbocycles. The van der Waals surface area contributed by atoms with Crippen molar-refractivity contribution in [1.82, 2.24) is 9.47 Å². The summed E-state index contributed by atoms with van der Waals surface area (Å²) in [6.07, 6.45) is 6.50. The molecule has 0 bridgehead atoms. The molecule has 0 radical (unpaired) electrons. The Kier molecular flexibility index (Phi) is 4.15. The lowest BCUT2D eigenvalue weighted by atomic mass is 9.98. The van der Waals surface area contributed by atoms with E-state index < -0.39 is 0 Å². The van der Waals surface area contributed by atoms with E-state index in [4.69, 9.17) is 5.11 Å². The Balaban J connectivity index is 1.38. The third-order valence-electron chi connectivity index (χ3n) is 5.24. The van der Waals surface area contributed by atoms with Crippen LogP contribution in [0.2, 0.25) is 0 Å². The van der Waals surface area contributed by atoms with Crippen LogP contribution in [0.25, 0.3) is 0 Å². The highest BCUT2D eigenvalue weighted by Crippen LogP contribution is 2.36. The van der Waals surface area contributed by atoms with Gasteiger partial charge in [0.05, 0.1) is 6.61 Å². The minimum Gasteiger partial charge on any atom is -0.392 e. The van der Waals surface area contributed by atoms with Crippen molar-refractivity contribution in [2.75, 3.05) is 13.1 Å². The van der Waals surface area contributed by atoms with E-state index >= 15 is 0 Å². The lowest BCUT2D eigenvalue weighted by Crippen LogP contribution is -2.30. The fourth-order valence-corrected chi connectivity index (χ4v) is 3.71. The minimum absolute atomic E-state index is 0.0899. The van der Waals surface area contributed by atoms with Crippen molar-refractivity contribution in [3.05, 3.63) is 59.4 Å². The number of benzene rings is 1. The van der Waals surface area contributed by atoms with Gasteiger partial charge in [-0.15, -0.1) is 0 Å². The van der Waals surface area contributed by atoms with Crippen LogP contribution in [0.4, 0.5) is 0 Å². The van der Waals surface area contributed by atoms with Gasteiger partial charge in [-0.2, -0.15) is 0 Å². The lowest BCUT2D eigenvalue weighted by molar-refractivity contribution is 0.0776. The average molecular weight is 324 g/mol. The maximum Gasteiger partial charge on any atom is 0.270 e. The summed E-state index contributed by atoms with van der Waals surface area (Å²) in [6, 6.07) is 12.6. The maximum absolute atomic E-state index is 12.8. The number of carbonyl (C=O) groups excluding carboxylic acids is 1. The monoisotopic (exact) mass is 324 g/mol. The van der Waals surface area contributed by atoms with Gasteiger partial charge >= 0.3 is 0 Å². The summed E-state index contributed by atoms with van der Waals surface area (Å²) in [5, 5.41) is 9.12. The Morgan fingerprint density at radius 2 is 1.83 bits per heavy atom. The van der Waals surface area contributed by atoms with Crippen molar-refractivity contribution >= 4 is 5.91 Å². The number of aromatic nitrogens is 1. The first kappa shape index (κ1) is 15.5. The van der Waals surface area contributed by atoms with Crippen molar-refractivity contribution in [3.8, 4) is 0 Å². The summed E-state index contributed by atoms with van der Waals surface area (Å²) in [5.74, 6) is 0.711. The topological polar surface area (TPSA) is 45.5 Å². The van der Waals surface area contributed by atoms with Gasteiger partial charge in [-0.25, -0.2) is 0 Å². The number of amides is 1. The Morgan fingerprint density at radius 1 is 1.08 bits per heavy atom. The molecule has 4 nitrogen and oxygen atoms in total. The first-order valence-corrected chi connectivity index (χ1v) is 8.89. The van der Waals surface area contributed by atoms with E-state index in [2.05, 4.69) is 16.7 Å². The largest absolute Gasteiger partial charge is 0.392 e. The number of nitrogens with zero attached hydrogens (tertiary/aromatic N) is 2. The molecular weight excluding hydrogens is 300 g/mol. The van der Waals surface area contributed by atoms with Crippen molar-refractivity contribution in [2.24, 2.45) is 5.92 Å². The molecule has 0 unspecified atom stereocenters. The third kappa shape index (κ3) is 3.11. The number of likely N-dealkylation sites (tertiary alicyclic amines) is 1. The number of aliphatic hydroxyl groups excluding tert-OH is 1. The van der Waals surface area contributed by atoms with Gasteiger partial charge < -0.3 is 14.6 Å². The van der Waals surface area contributed by atoms with Crippen LogP contribution in [0, 0.1) is 5.92 Å². The molecule has 4 heteroatoms. The van der Waals surface area contributed by atoms with E-state index in [1.165, 1.54) is 18.4 Å². The van der Waals surface area contributed by atoms with E-state index in [1.807, 2.05) is 35.4 Å². The highest BCUT2D eigenvalue weighted by atomic mass is 16.3. The predicted octanol–water partition coefficient (Wildman–Crippen LogP) is 3.02. The van der Waals surface area contributed by atoms with Gasteiger partial charge in [-0.1, -0.05) is 24.3 Å². The molecule has 0 spiro atoms. The highest BCUT2D eigenvalue weighted by Gasteiger charge is 2.31. The van der Waals surface area contributed by atoms with Gasteiger partial charge in [0.2, 0.25) is 0 Å². The Morgan fingerprint density at radius 3 is 2.54 bits per heavy atom. The molecule has 1 amide bonds. The summed E-state index contributed by atoms with van der Waals surface area (Å²) in [7, 11) is 0.